The Morgan fingerprint density at radius 2 is 1.71 bits per heavy atom. The molecule has 0 saturated carbocycles. The van der Waals surface area contributed by atoms with E-state index in [0.717, 1.165) is 36.5 Å². The van der Waals surface area contributed by atoms with E-state index in [0.29, 0.717) is 30.4 Å². The summed E-state index contributed by atoms with van der Waals surface area (Å²) in [7, 11) is 0. The summed E-state index contributed by atoms with van der Waals surface area (Å²) >= 11 is 0. The third kappa shape index (κ3) is 4.34. The number of hydrogen-bond acceptors (Lipinski definition) is 2. The maximum Gasteiger partial charge on any atom is 0.224 e. The van der Waals surface area contributed by atoms with Crippen LogP contribution in [0.2, 0.25) is 0 Å². The van der Waals surface area contributed by atoms with Crippen molar-refractivity contribution in [3.8, 4) is 11.3 Å². The first-order valence-electron chi connectivity index (χ1n) is 10.0. The van der Waals surface area contributed by atoms with Gasteiger partial charge in [0.15, 0.2) is 5.78 Å². The van der Waals surface area contributed by atoms with Crippen molar-refractivity contribution in [2.24, 2.45) is 11.8 Å². The van der Waals surface area contributed by atoms with Gasteiger partial charge < -0.3 is 9.47 Å². The van der Waals surface area contributed by atoms with Crippen molar-refractivity contribution in [2.75, 3.05) is 13.1 Å². The summed E-state index contributed by atoms with van der Waals surface area (Å²) in [6.07, 6.45) is 1.55. The average Bonchev–Trinajstić information content (AvgIpc) is 2.96. The zero-order chi connectivity index (χ0) is 20.4. The highest BCUT2D eigenvalue weighted by Gasteiger charge is 2.25. The van der Waals surface area contributed by atoms with Crippen LogP contribution in [0.15, 0.2) is 30.3 Å². The van der Waals surface area contributed by atoms with Gasteiger partial charge >= 0.3 is 0 Å². The minimum atomic E-state index is -0.297. The Morgan fingerprint density at radius 1 is 1.11 bits per heavy atom. The molecule has 150 valence electrons. The summed E-state index contributed by atoms with van der Waals surface area (Å²) in [6.45, 7) is 9.97. The summed E-state index contributed by atoms with van der Waals surface area (Å²) < 4.78 is 15.3. The van der Waals surface area contributed by atoms with Gasteiger partial charge in [0, 0.05) is 43.0 Å². The number of carbonyl (C=O) groups is 2. The fourth-order valence-electron chi connectivity index (χ4n) is 4.38. The van der Waals surface area contributed by atoms with Crippen LogP contribution in [-0.4, -0.2) is 34.2 Å². The molecule has 3 rings (SSSR count). The second kappa shape index (κ2) is 8.29. The second-order valence-corrected chi connectivity index (χ2v) is 8.24. The zero-order valence-electron chi connectivity index (χ0n) is 17.2. The Bertz CT molecular complexity index is 859. The molecule has 1 saturated heterocycles. The van der Waals surface area contributed by atoms with Gasteiger partial charge in [-0.15, -0.1) is 0 Å². The molecule has 1 aliphatic heterocycles. The fourth-order valence-corrected chi connectivity index (χ4v) is 4.38. The average molecular weight is 384 g/mol. The van der Waals surface area contributed by atoms with E-state index >= 15 is 0 Å². The number of hydrogen-bond donors (Lipinski definition) is 0. The van der Waals surface area contributed by atoms with Crippen LogP contribution in [0.4, 0.5) is 4.39 Å². The van der Waals surface area contributed by atoms with E-state index in [9.17, 15) is 14.0 Å². The van der Waals surface area contributed by atoms with Crippen molar-refractivity contribution in [1.82, 2.24) is 9.47 Å². The molecule has 4 nitrogen and oxygen atoms in total. The van der Waals surface area contributed by atoms with Crippen molar-refractivity contribution >= 4 is 11.7 Å². The molecule has 0 aliphatic carbocycles. The number of halogens is 1. The van der Waals surface area contributed by atoms with Crippen LogP contribution in [-0.2, 0) is 11.3 Å². The van der Waals surface area contributed by atoms with E-state index in [1.807, 2.05) is 22.5 Å². The van der Waals surface area contributed by atoms with Crippen molar-refractivity contribution in [3.05, 3.63) is 47.4 Å². The number of amides is 1. The van der Waals surface area contributed by atoms with Crippen molar-refractivity contribution < 1.29 is 14.0 Å². The van der Waals surface area contributed by atoms with E-state index in [2.05, 4.69) is 13.8 Å². The van der Waals surface area contributed by atoms with Crippen LogP contribution in [0.3, 0.4) is 0 Å². The number of nitrogens with zero attached hydrogens (tertiary/aromatic N) is 2. The largest absolute Gasteiger partial charge is 0.344 e. The van der Waals surface area contributed by atoms with E-state index in [1.54, 1.807) is 19.1 Å². The third-order valence-corrected chi connectivity index (χ3v) is 5.66. The number of ketones is 1. The summed E-state index contributed by atoms with van der Waals surface area (Å²) in [5.74, 6) is 0.902. The van der Waals surface area contributed by atoms with Gasteiger partial charge in [0.05, 0.1) is 0 Å². The molecule has 0 unspecified atom stereocenters. The highest BCUT2D eigenvalue weighted by Crippen LogP contribution is 2.28. The molecule has 2 heterocycles. The van der Waals surface area contributed by atoms with Gasteiger partial charge in [-0.05, 0) is 68.0 Å². The summed E-state index contributed by atoms with van der Waals surface area (Å²) in [6, 6.07) is 8.09. The molecule has 0 bridgehead atoms. The first-order chi connectivity index (χ1) is 13.3. The molecule has 2 atom stereocenters. The Kier molecular flexibility index (Phi) is 6.01. The maximum atomic E-state index is 13.3. The Morgan fingerprint density at radius 3 is 2.29 bits per heavy atom. The van der Waals surface area contributed by atoms with Crippen molar-refractivity contribution in [2.45, 2.75) is 47.1 Å². The van der Waals surface area contributed by atoms with Crippen LogP contribution in [0, 0.1) is 24.6 Å². The van der Waals surface area contributed by atoms with Crippen molar-refractivity contribution in [3.63, 3.8) is 0 Å². The molecule has 0 spiro atoms. The normalized spacial score (nSPS) is 19.7. The molecular weight excluding hydrogens is 355 g/mol. The van der Waals surface area contributed by atoms with E-state index in [4.69, 9.17) is 0 Å². The van der Waals surface area contributed by atoms with E-state index in [-0.39, 0.29) is 17.5 Å². The number of benzene rings is 1. The Hall–Kier alpha value is -2.43. The van der Waals surface area contributed by atoms with E-state index in [1.165, 1.54) is 12.1 Å². The fraction of sp³-hybridized carbons (Fsp3) is 0.478. The number of rotatable bonds is 5. The van der Waals surface area contributed by atoms with E-state index < -0.39 is 0 Å². The molecule has 0 N–H and O–H groups in total. The van der Waals surface area contributed by atoms with Crippen LogP contribution < -0.4 is 0 Å². The lowest BCUT2D eigenvalue weighted by Gasteiger charge is -2.35. The van der Waals surface area contributed by atoms with Crippen LogP contribution in [0.25, 0.3) is 11.3 Å². The lowest BCUT2D eigenvalue weighted by atomic mass is 9.92. The van der Waals surface area contributed by atoms with Crippen LogP contribution >= 0.6 is 0 Å². The van der Waals surface area contributed by atoms with Gasteiger partial charge in [0.25, 0.3) is 0 Å². The first kappa shape index (κ1) is 20.3. The number of Topliss-reactive ketones (excluding diaryl/α,β-unsaturated/α-hetero) is 1. The molecule has 1 amide bonds. The molecule has 1 aliphatic rings. The number of likely N-dealkylation sites (tertiary alicyclic amines) is 1. The first-order valence-corrected chi connectivity index (χ1v) is 10.0. The maximum absolute atomic E-state index is 13.3. The smallest absolute Gasteiger partial charge is 0.224 e. The lowest BCUT2D eigenvalue weighted by Crippen LogP contribution is -2.42. The van der Waals surface area contributed by atoms with Gasteiger partial charge in [-0.1, -0.05) is 13.8 Å². The minimum absolute atomic E-state index is 0.00961. The number of aromatic nitrogens is 1. The quantitative estimate of drug-likeness (QED) is 0.701. The SMILES string of the molecule is CC(=O)c1cc(-c2ccc(F)cc2)n(CCC(=O)N2C[C@@H](C)C[C@H](C)C2)c1C. The predicted molar refractivity (Wildman–Crippen MR) is 109 cm³/mol. The number of piperidine rings is 1. The van der Waals surface area contributed by atoms with Gasteiger partial charge in [0.1, 0.15) is 5.82 Å². The molecule has 0 radical (unpaired) electrons. The molecule has 5 heteroatoms. The van der Waals surface area contributed by atoms with Gasteiger partial charge in [-0.3, -0.25) is 9.59 Å². The van der Waals surface area contributed by atoms with Crippen molar-refractivity contribution in [1.29, 1.82) is 0 Å². The minimum Gasteiger partial charge on any atom is -0.344 e. The molecule has 28 heavy (non-hydrogen) atoms. The molecular formula is C23H29FN2O2. The summed E-state index contributed by atoms with van der Waals surface area (Å²) in [5, 5.41) is 0. The highest BCUT2D eigenvalue weighted by atomic mass is 19.1. The predicted octanol–water partition coefficient (Wildman–Crippen LogP) is 4.70. The topological polar surface area (TPSA) is 42.3 Å². The van der Waals surface area contributed by atoms with Crippen LogP contribution in [0.5, 0.6) is 0 Å². The molecule has 1 fully saturated rings. The van der Waals surface area contributed by atoms with Gasteiger partial charge in [-0.2, -0.15) is 0 Å². The second-order valence-electron chi connectivity index (χ2n) is 8.24. The Labute approximate surface area is 166 Å². The molecule has 1 aromatic heterocycles. The standard InChI is InChI=1S/C23H29FN2O2/c1-15-11-16(2)14-25(13-15)23(28)9-10-26-17(3)21(18(4)27)12-22(26)19-5-7-20(24)8-6-19/h5-8,12,15-16H,9-11,13-14H2,1-4H3/t15-,16-/m0/s1. The van der Waals surface area contributed by atoms with Gasteiger partial charge in [-0.25, -0.2) is 4.39 Å². The molecule has 1 aromatic carbocycles. The van der Waals surface area contributed by atoms with Crippen LogP contribution in [0.1, 0.15) is 49.7 Å². The zero-order valence-corrected chi connectivity index (χ0v) is 17.2. The third-order valence-electron chi connectivity index (χ3n) is 5.66. The van der Waals surface area contributed by atoms with Gasteiger partial charge in [0.2, 0.25) is 5.91 Å². The lowest BCUT2D eigenvalue weighted by molar-refractivity contribution is -0.134. The highest BCUT2D eigenvalue weighted by molar-refractivity contribution is 5.96. The summed E-state index contributed by atoms with van der Waals surface area (Å²) in [5.41, 5.74) is 3.17. The number of carbonyl (C=O) groups excluding carboxylic acids is 2. The molecule has 2 aromatic rings. The Balaban J connectivity index is 1.83. The summed E-state index contributed by atoms with van der Waals surface area (Å²) in [4.78, 5) is 26.8. The monoisotopic (exact) mass is 384 g/mol.